The Morgan fingerprint density at radius 1 is 1.56 bits per heavy atom. The Labute approximate surface area is 116 Å². The lowest BCUT2D eigenvalue weighted by atomic mass is 10.1. The maximum Gasteiger partial charge on any atom is 0.128 e. The van der Waals surface area contributed by atoms with Gasteiger partial charge in [0.05, 0.1) is 17.1 Å². The van der Waals surface area contributed by atoms with Gasteiger partial charge in [-0.1, -0.05) is 0 Å². The second-order valence-corrected chi connectivity index (χ2v) is 6.50. The van der Waals surface area contributed by atoms with Crippen LogP contribution < -0.4 is 0 Å². The average molecular weight is 282 g/mol. The summed E-state index contributed by atoms with van der Waals surface area (Å²) >= 11 is 8.31. The largest absolute Gasteiger partial charge is 0.323 e. The molecule has 5 heteroatoms. The second kappa shape index (κ2) is 5.10. The maximum atomic E-state index is 6.29. The number of aromatic nitrogens is 3. The van der Waals surface area contributed by atoms with Crippen molar-refractivity contribution in [2.24, 2.45) is 0 Å². The number of hydrogen-bond acceptors (Lipinski definition) is 3. The minimum Gasteiger partial charge on any atom is -0.323 e. The van der Waals surface area contributed by atoms with E-state index in [4.69, 9.17) is 11.6 Å². The Morgan fingerprint density at radius 2 is 2.44 bits per heavy atom. The summed E-state index contributed by atoms with van der Waals surface area (Å²) in [4.78, 5) is 8.79. The molecule has 0 aromatic carbocycles. The number of nitrogens with zero attached hydrogens (tertiary/aromatic N) is 3. The smallest absolute Gasteiger partial charge is 0.128 e. The summed E-state index contributed by atoms with van der Waals surface area (Å²) in [5, 5.41) is -0.0654. The molecule has 2 unspecified atom stereocenters. The van der Waals surface area contributed by atoms with Crippen molar-refractivity contribution in [2.75, 3.05) is 11.5 Å². The predicted molar refractivity (Wildman–Crippen MR) is 77.4 cm³/mol. The molecule has 3 rings (SSSR count). The number of pyridine rings is 1. The highest BCUT2D eigenvalue weighted by molar-refractivity contribution is 7.99. The lowest BCUT2D eigenvalue weighted by molar-refractivity contribution is 0.493. The highest BCUT2D eigenvalue weighted by Gasteiger charge is 2.23. The number of imidazole rings is 1. The molecule has 0 saturated carbocycles. The molecule has 2 atom stereocenters. The first-order chi connectivity index (χ1) is 8.77. The summed E-state index contributed by atoms with van der Waals surface area (Å²) in [5.74, 6) is 3.41. The number of hydrogen-bond donors (Lipinski definition) is 0. The Hall–Kier alpha value is -0.740. The molecule has 96 valence electrons. The molecule has 3 heterocycles. The number of rotatable bonds is 2. The molecule has 1 aliphatic rings. The first-order valence-electron chi connectivity index (χ1n) is 6.31. The van der Waals surface area contributed by atoms with Crippen LogP contribution >= 0.6 is 23.4 Å². The molecule has 1 fully saturated rings. The third kappa shape index (κ3) is 2.12. The van der Waals surface area contributed by atoms with Gasteiger partial charge in [-0.05, 0) is 31.6 Å². The molecule has 0 bridgehead atoms. The Bertz CT molecular complexity index is 546. The Balaban J connectivity index is 2.14. The van der Waals surface area contributed by atoms with Gasteiger partial charge in [0.2, 0.25) is 0 Å². The van der Waals surface area contributed by atoms with Crippen LogP contribution in [0.25, 0.3) is 11.0 Å². The molecular weight excluding hydrogens is 266 g/mol. The number of halogens is 1. The van der Waals surface area contributed by atoms with Crippen LogP contribution in [0.4, 0.5) is 0 Å². The van der Waals surface area contributed by atoms with Crippen molar-refractivity contribution < 1.29 is 0 Å². The van der Waals surface area contributed by atoms with Gasteiger partial charge in [0, 0.05) is 18.0 Å². The first-order valence-corrected chi connectivity index (χ1v) is 7.90. The summed E-state index contributed by atoms with van der Waals surface area (Å²) in [6, 6.07) is 2.57. The van der Waals surface area contributed by atoms with Gasteiger partial charge in [0.1, 0.15) is 11.3 Å². The molecule has 1 saturated heterocycles. The summed E-state index contributed by atoms with van der Waals surface area (Å²) in [7, 11) is 0. The van der Waals surface area contributed by atoms with Gasteiger partial charge in [-0.15, -0.1) is 11.6 Å². The molecule has 2 aromatic heterocycles. The van der Waals surface area contributed by atoms with Crippen LogP contribution in [-0.4, -0.2) is 26.0 Å². The van der Waals surface area contributed by atoms with E-state index in [9.17, 15) is 0 Å². The van der Waals surface area contributed by atoms with E-state index in [2.05, 4.69) is 14.5 Å². The van der Waals surface area contributed by atoms with Crippen molar-refractivity contribution in [1.82, 2.24) is 14.5 Å². The normalized spacial score (nSPS) is 22.2. The number of fused-ring (bicyclic) bond motifs is 1. The van der Waals surface area contributed by atoms with Gasteiger partial charge >= 0.3 is 0 Å². The predicted octanol–water partition coefficient (Wildman–Crippen LogP) is 3.80. The zero-order chi connectivity index (χ0) is 12.5. The van der Waals surface area contributed by atoms with Crippen molar-refractivity contribution in [3.05, 3.63) is 24.3 Å². The first kappa shape index (κ1) is 12.3. The lowest BCUT2D eigenvalue weighted by Crippen LogP contribution is -2.18. The summed E-state index contributed by atoms with van der Waals surface area (Å²) in [5.41, 5.74) is 2.12. The zero-order valence-corrected chi connectivity index (χ0v) is 11.9. The van der Waals surface area contributed by atoms with E-state index in [0.29, 0.717) is 6.04 Å². The molecule has 18 heavy (non-hydrogen) atoms. The number of alkyl halides is 1. The van der Waals surface area contributed by atoms with Gasteiger partial charge in [0.15, 0.2) is 0 Å². The van der Waals surface area contributed by atoms with Crippen LogP contribution in [0.1, 0.15) is 37.0 Å². The molecule has 1 aliphatic heterocycles. The van der Waals surface area contributed by atoms with Gasteiger partial charge < -0.3 is 4.57 Å². The molecule has 3 nitrogen and oxygen atoms in total. The average Bonchev–Trinajstić information content (AvgIpc) is 2.79. The van der Waals surface area contributed by atoms with Crippen LogP contribution in [0.5, 0.6) is 0 Å². The van der Waals surface area contributed by atoms with Crippen LogP contribution in [0, 0.1) is 0 Å². The monoisotopic (exact) mass is 281 g/mol. The van der Waals surface area contributed by atoms with Crippen molar-refractivity contribution >= 4 is 34.4 Å². The van der Waals surface area contributed by atoms with Crippen LogP contribution in [0.3, 0.4) is 0 Å². The minimum absolute atomic E-state index is 0.0654. The maximum absolute atomic E-state index is 6.29. The fourth-order valence-electron chi connectivity index (χ4n) is 2.56. The molecule has 0 spiro atoms. The number of thioether (sulfide) groups is 1. The van der Waals surface area contributed by atoms with Crippen molar-refractivity contribution in [2.45, 2.75) is 31.2 Å². The van der Waals surface area contributed by atoms with E-state index < -0.39 is 0 Å². The van der Waals surface area contributed by atoms with E-state index >= 15 is 0 Å². The summed E-state index contributed by atoms with van der Waals surface area (Å²) < 4.78 is 2.33. The minimum atomic E-state index is -0.0654. The van der Waals surface area contributed by atoms with Gasteiger partial charge in [-0.2, -0.15) is 11.8 Å². The highest BCUT2D eigenvalue weighted by Crippen LogP contribution is 2.34. The van der Waals surface area contributed by atoms with Crippen LogP contribution in [-0.2, 0) is 0 Å². The van der Waals surface area contributed by atoms with E-state index in [1.54, 1.807) is 0 Å². The highest BCUT2D eigenvalue weighted by atomic mass is 35.5. The van der Waals surface area contributed by atoms with E-state index in [1.807, 2.05) is 37.1 Å². The van der Waals surface area contributed by atoms with Gasteiger partial charge in [-0.3, -0.25) is 4.98 Å². The van der Waals surface area contributed by atoms with E-state index in [-0.39, 0.29) is 5.38 Å². The SMILES string of the molecule is CC(Cl)c1nc2cnccc2n1C1CCCSC1. The van der Waals surface area contributed by atoms with E-state index in [1.165, 1.54) is 24.1 Å². The Morgan fingerprint density at radius 3 is 3.17 bits per heavy atom. The topological polar surface area (TPSA) is 30.7 Å². The van der Waals surface area contributed by atoms with Gasteiger partial charge in [0.25, 0.3) is 0 Å². The molecular formula is C13H16ClN3S. The van der Waals surface area contributed by atoms with Crippen molar-refractivity contribution in [1.29, 1.82) is 0 Å². The summed E-state index contributed by atoms with van der Waals surface area (Å²) in [6.45, 7) is 1.99. The fraction of sp³-hybridized carbons (Fsp3) is 0.538. The molecule has 0 aliphatic carbocycles. The third-order valence-corrected chi connectivity index (χ3v) is 4.77. The van der Waals surface area contributed by atoms with Crippen molar-refractivity contribution in [3.63, 3.8) is 0 Å². The molecule has 0 amide bonds. The van der Waals surface area contributed by atoms with Gasteiger partial charge in [-0.25, -0.2) is 4.98 Å². The van der Waals surface area contributed by atoms with E-state index in [0.717, 1.165) is 17.1 Å². The summed E-state index contributed by atoms with van der Waals surface area (Å²) in [6.07, 6.45) is 6.15. The lowest BCUT2D eigenvalue weighted by Gasteiger charge is -2.25. The zero-order valence-electron chi connectivity index (χ0n) is 10.3. The van der Waals surface area contributed by atoms with Crippen molar-refractivity contribution in [3.8, 4) is 0 Å². The molecule has 0 N–H and O–H groups in total. The quantitative estimate of drug-likeness (QED) is 0.785. The standard InChI is InChI=1S/C13H16ClN3S/c1-9(14)13-16-11-7-15-5-4-12(11)17(13)10-3-2-6-18-8-10/h4-5,7,9-10H,2-3,6,8H2,1H3. The second-order valence-electron chi connectivity index (χ2n) is 4.69. The molecule has 2 aromatic rings. The Kier molecular flexibility index (Phi) is 3.48. The van der Waals surface area contributed by atoms with Crippen LogP contribution in [0.15, 0.2) is 18.5 Å². The fourth-order valence-corrected chi connectivity index (χ4v) is 3.84. The third-order valence-electron chi connectivity index (χ3n) is 3.38. The molecule has 0 radical (unpaired) electrons. The van der Waals surface area contributed by atoms with Crippen LogP contribution in [0.2, 0.25) is 0 Å².